The van der Waals surface area contributed by atoms with Crippen LogP contribution in [0, 0.1) is 0 Å². The predicted molar refractivity (Wildman–Crippen MR) is 99.2 cm³/mol. The number of nitrogens with one attached hydrogen (secondary N) is 1. The van der Waals surface area contributed by atoms with E-state index in [0.29, 0.717) is 18.1 Å². The summed E-state index contributed by atoms with van der Waals surface area (Å²) >= 11 is 6.09. The van der Waals surface area contributed by atoms with E-state index < -0.39 is 0 Å². The fourth-order valence-electron chi connectivity index (χ4n) is 2.47. The van der Waals surface area contributed by atoms with Gasteiger partial charge >= 0.3 is 0 Å². The maximum absolute atomic E-state index is 12.1. The average molecular weight is 363 g/mol. The Kier molecular flexibility index (Phi) is 7.10. The van der Waals surface area contributed by atoms with Gasteiger partial charge in [0.15, 0.2) is 0 Å². The topological polar surface area (TPSA) is 50.8 Å². The van der Waals surface area contributed by atoms with Gasteiger partial charge in [-0.05, 0) is 24.7 Å². The molecular formula is C19H23ClN2O3. The van der Waals surface area contributed by atoms with Crippen LogP contribution in [0.2, 0.25) is 5.02 Å². The third-order valence-electron chi connectivity index (χ3n) is 3.78. The third-order valence-corrected chi connectivity index (χ3v) is 4.15. The Hall–Kier alpha value is -2.24. The minimum absolute atomic E-state index is 0.0603. The maximum atomic E-state index is 12.1. The number of benzene rings is 2. The zero-order valence-corrected chi connectivity index (χ0v) is 15.5. The van der Waals surface area contributed by atoms with Gasteiger partial charge in [-0.1, -0.05) is 35.9 Å². The Morgan fingerprint density at radius 3 is 2.56 bits per heavy atom. The first-order chi connectivity index (χ1) is 12.0. The fraction of sp³-hybridized carbons (Fsp3) is 0.316. The summed E-state index contributed by atoms with van der Waals surface area (Å²) in [6, 6.07) is 13.1. The van der Waals surface area contributed by atoms with Crippen LogP contribution in [0.3, 0.4) is 0 Å². The molecule has 0 aliphatic carbocycles. The molecule has 0 aromatic heterocycles. The lowest BCUT2D eigenvalue weighted by atomic mass is 10.1. The van der Waals surface area contributed by atoms with Crippen molar-refractivity contribution in [2.24, 2.45) is 0 Å². The molecule has 0 aliphatic rings. The summed E-state index contributed by atoms with van der Waals surface area (Å²) in [5.74, 6) is 1.42. The Morgan fingerprint density at radius 2 is 1.88 bits per heavy atom. The number of amides is 1. The Labute approximate surface area is 153 Å². The second-order valence-electron chi connectivity index (χ2n) is 5.72. The van der Waals surface area contributed by atoms with E-state index in [0.717, 1.165) is 22.6 Å². The minimum atomic E-state index is -0.0603. The molecule has 1 amide bonds. The van der Waals surface area contributed by atoms with Gasteiger partial charge in [0.05, 0.1) is 20.8 Å². The van der Waals surface area contributed by atoms with E-state index in [2.05, 4.69) is 5.32 Å². The average Bonchev–Trinajstić information content (AvgIpc) is 2.61. The Morgan fingerprint density at radius 1 is 1.12 bits per heavy atom. The highest BCUT2D eigenvalue weighted by molar-refractivity contribution is 6.31. The molecule has 0 fully saturated rings. The van der Waals surface area contributed by atoms with Crippen LogP contribution >= 0.6 is 11.6 Å². The van der Waals surface area contributed by atoms with Gasteiger partial charge in [-0.15, -0.1) is 0 Å². The smallest absolute Gasteiger partial charge is 0.234 e. The van der Waals surface area contributed by atoms with Crippen LogP contribution in [0.4, 0.5) is 0 Å². The maximum Gasteiger partial charge on any atom is 0.234 e. The molecule has 0 saturated heterocycles. The highest BCUT2D eigenvalue weighted by Gasteiger charge is 2.11. The van der Waals surface area contributed by atoms with Gasteiger partial charge in [-0.3, -0.25) is 9.69 Å². The zero-order chi connectivity index (χ0) is 18.2. The molecule has 0 atom stereocenters. The van der Waals surface area contributed by atoms with Crippen molar-refractivity contribution in [3.8, 4) is 11.5 Å². The number of methoxy groups -OCH3 is 2. The summed E-state index contributed by atoms with van der Waals surface area (Å²) in [6.07, 6.45) is 0. The van der Waals surface area contributed by atoms with Crippen molar-refractivity contribution in [2.75, 3.05) is 27.8 Å². The second kappa shape index (κ2) is 9.30. The largest absolute Gasteiger partial charge is 0.497 e. The highest BCUT2D eigenvalue weighted by Crippen LogP contribution is 2.25. The standard InChI is InChI=1S/C19H23ClN2O3/c1-22(12-15-8-9-16(24-2)10-18(15)25-3)13-19(23)21-11-14-6-4-5-7-17(14)20/h4-10H,11-13H2,1-3H3,(H,21,23). The number of carbonyl (C=O) groups excluding carboxylic acids is 1. The van der Waals surface area contributed by atoms with Gasteiger partial charge in [0.25, 0.3) is 0 Å². The number of rotatable bonds is 8. The summed E-state index contributed by atoms with van der Waals surface area (Å²) in [6.45, 7) is 1.28. The Bertz CT molecular complexity index is 722. The van der Waals surface area contributed by atoms with Crippen molar-refractivity contribution in [2.45, 2.75) is 13.1 Å². The minimum Gasteiger partial charge on any atom is -0.497 e. The summed E-state index contributed by atoms with van der Waals surface area (Å²) in [5.41, 5.74) is 1.89. The lowest BCUT2D eigenvalue weighted by Crippen LogP contribution is -2.34. The predicted octanol–water partition coefficient (Wildman–Crippen LogP) is 3.11. The first-order valence-corrected chi connectivity index (χ1v) is 8.31. The van der Waals surface area contributed by atoms with Crippen molar-refractivity contribution in [1.82, 2.24) is 10.2 Å². The molecule has 2 aromatic rings. The van der Waals surface area contributed by atoms with E-state index in [1.54, 1.807) is 14.2 Å². The van der Waals surface area contributed by atoms with Crippen LogP contribution in [0.25, 0.3) is 0 Å². The van der Waals surface area contributed by atoms with Crippen LogP contribution in [-0.2, 0) is 17.9 Å². The second-order valence-corrected chi connectivity index (χ2v) is 6.13. The molecular weight excluding hydrogens is 340 g/mol. The quantitative estimate of drug-likeness (QED) is 0.784. The number of carbonyl (C=O) groups is 1. The summed E-state index contributed by atoms with van der Waals surface area (Å²) in [4.78, 5) is 14.1. The van der Waals surface area contributed by atoms with E-state index in [1.807, 2.05) is 54.4 Å². The van der Waals surface area contributed by atoms with Gasteiger partial charge in [0.1, 0.15) is 11.5 Å². The molecule has 0 aliphatic heterocycles. The third kappa shape index (κ3) is 5.66. The molecule has 1 N–H and O–H groups in total. The molecule has 0 radical (unpaired) electrons. The van der Waals surface area contributed by atoms with Crippen molar-refractivity contribution in [3.63, 3.8) is 0 Å². The monoisotopic (exact) mass is 362 g/mol. The molecule has 2 rings (SSSR count). The van der Waals surface area contributed by atoms with Crippen molar-refractivity contribution in [3.05, 3.63) is 58.6 Å². The fourth-order valence-corrected chi connectivity index (χ4v) is 2.67. The van der Waals surface area contributed by atoms with Gasteiger partial charge in [-0.25, -0.2) is 0 Å². The van der Waals surface area contributed by atoms with Crippen molar-refractivity contribution >= 4 is 17.5 Å². The molecule has 25 heavy (non-hydrogen) atoms. The van der Waals surface area contributed by atoms with E-state index in [4.69, 9.17) is 21.1 Å². The molecule has 0 saturated carbocycles. The number of likely N-dealkylation sites (N-methyl/N-ethyl adjacent to an activating group) is 1. The number of halogens is 1. The molecule has 0 heterocycles. The highest BCUT2D eigenvalue weighted by atomic mass is 35.5. The van der Waals surface area contributed by atoms with Crippen LogP contribution in [-0.4, -0.2) is 38.6 Å². The molecule has 2 aromatic carbocycles. The molecule has 134 valence electrons. The summed E-state index contributed by atoms with van der Waals surface area (Å²) in [5, 5.41) is 3.54. The van der Waals surface area contributed by atoms with Crippen LogP contribution in [0.1, 0.15) is 11.1 Å². The van der Waals surface area contributed by atoms with Crippen molar-refractivity contribution < 1.29 is 14.3 Å². The van der Waals surface area contributed by atoms with E-state index in [1.165, 1.54) is 0 Å². The van der Waals surface area contributed by atoms with Crippen LogP contribution < -0.4 is 14.8 Å². The van der Waals surface area contributed by atoms with Crippen molar-refractivity contribution in [1.29, 1.82) is 0 Å². The van der Waals surface area contributed by atoms with Crippen LogP contribution in [0.5, 0.6) is 11.5 Å². The van der Waals surface area contributed by atoms with E-state index in [9.17, 15) is 4.79 Å². The van der Waals surface area contributed by atoms with E-state index >= 15 is 0 Å². The number of hydrogen-bond acceptors (Lipinski definition) is 4. The molecule has 6 heteroatoms. The number of hydrogen-bond donors (Lipinski definition) is 1. The molecule has 0 spiro atoms. The zero-order valence-electron chi connectivity index (χ0n) is 14.7. The van der Waals surface area contributed by atoms with Gasteiger partial charge in [0.2, 0.25) is 5.91 Å². The number of ether oxygens (including phenoxy) is 2. The van der Waals surface area contributed by atoms with Gasteiger partial charge in [-0.2, -0.15) is 0 Å². The molecule has 5 nitrogen and oxygen atoms in total. The van der Waals surface area contributed by atoms with Gasteiger partial charge in [0, 0.05) is 29.7 Å². The molecule has 0 unspecified atom stereocenters. The summed E-state index contributed by atoms with van der Waals surface area (Å²) in [7, 11) is 5.12. The van der Waals surface area contributed by atoms with Gasteiger partial charge < -0.3 is 14.8 Å². The SMILES string of the molecule is COc1ccc(CN(C)CC(=O)NCc2ccccc2Cl)c(OC)c1. The van der Waals surface area contributed by atoms with E-state index in [-0.39, 0.29) is 12.5 Å². The lowest BCUT2D eigenvalue weighted by molar-refractivity contribution is -0.122. The first kappa shape index (κ1) is 19.1. The molecule has 0 bridgehead atoms. The first-order valence-electron chi connectivity index (χ1n) is 7.93. The summed E-state index contributed by atoms with van der Waals surface area (Å²) < 4.78 is 10.6. The lowest BCUT2D eigenvalue weighted by Gasteiger charge is -2.18. The number of nitrogens with zero attached hydrogens (tertiary/aromatic N) is 1. The van der Waals surface area contributed by atoms with Crippen LogP contribution in [0.15, 0.2) is 42.5 Å². The normalized spacial score (nSPS) is 10.6. The Balaban J connectivity index is 1.88.